The number of imidazole rings is 1. The molecule has 3 rings (SSSR count). The van der Waals surface area contributed by atoms with Crippen molar-refractivity contribution < 1.29 is 13.2 Å². The van der Waals surface area contributed by atoms with Gasteiger partial charge in [-0.1, -0.05) is 0 Å². The molecule has 0 aliphatic rings. The molecule has 0 saturated carbocycles. The molecular weight excluding hydrogens is 274 g/mol. The van der Waals surface area contributed by atoms with E-state index in [0.717, 1.165) is 6.07 Å². The van der Waals surface area contributed by atoms with E-state index in [9.17, 15) is 8.78 Å². The van der Waals surface area contributed by atoms with Crippen molar-refractivity contribution in [3.8, 4) is 0 Å². The third-order valence-electron chi connectivity index (χ3n) is 2.89. The van der Waals surface area contributed by atoms with Crippen LogP contribution in [0.5, 0.6) is 0 Å². The molecule has 0 unspecified atom stereocenters. The SMILES string of the molecule is Fc1ccc2nc(CCl)n(Cc3ccco3)c2c1F. The van der Waals surface area contributed by atoms with Crippen LogP contribution in [0.15, 0.2) is 34.9 Å². The number of hydrogen-bond donors (Lipinski definition) is 0. The highest BCUT2D eigenvalue weighted by Gasteiger charge is 2.17. The molecule has 6 heteroatoms. The van der Waals surface area contributed by atoms with Gasteiger partial charge in [0.2, 0.25) is 0 Å². The fraction of sp³-hybridized carbons (Fsp3) is 0.154. The molecule has 0 saturated heterocycles. The zero-order chi connectivity index (χ0) is 13.4. The number of alkyl halides is 1. The molecule has 0 fully saturated rings. The summed E-state index contributed by atoms with van der Waals surface area (Å²) in [5, 5.41) is 0. The summed E-state index contributed by atoms with van der Waals surface area (Å²) in [6.45, 7) is 0.256. The van der Waals surface area contributed by atoms with Gasteiger partial charge in [-0.2, -0.15) is 0 Å². The van der Waals surface area contributed by atoms with E-state index >= 15 is 0 Å². The van der Waals surface area contributed by atoms with Crippen molar-refractivity contribution in [1.29, 1.82) is 0 Å². The van der Waals surface area contributed by atoms with Crippen molar-refractivity contribution in [3.05, 3.63) is 53.7 Å². The second-order valence-electron chi connectivity index (χ2n) is 4.06. The lowest BCUT2D eigenvalue weighted by Crippen LogP contribution is -2.04. The van der Waals surface area contributed by atoms with Crippen molar-refractivity contribution in [2.45, 2.75) is 12.4 Å². The van der Waals surface area contributed by atoms with Gasteiger partial charge in [0.05, 0.1) is 24.2 Å². The summed E-state index contributed by atoms with van der Waals surface area (Å²) in [4.78, 5) is 4.20. The number of hydrogen-bond acceptors (Lipinski definition) is 2. The van der Waals surface area contributed by atoms with E-state index in [4.69, 9.17) is 16.0 Å². The van der Waals surface area contributed by atoms with Crippen LogP contribution < -0.4 is 0 Å². The number of nitrogens with zero attached hydrogens (tertiary/aromatic N) is 2. The summed E-state index contributed by atoms with van der Waals surface area (Å²) in [5.41, 5.74) is 0.480. The number of aromatic nitrogens is 2. The van der Waals surface area contributed by atoms with Gasteiger partial charge in [0.15, 0.2) is 11.6 Å². The Morgan fingerprint density at radius 2 is 2.11 bits per heavy atom. The maximum Gasteiger partial charge on any atom is 0.184 e. The van der Waals surface area contributed by atoms with Gasteiger partial charge >= 0.3 is 0 Å². The van der Waals surface area contributed by atoms with Gasteiger partial charge in [0, 0.05) is 0 Å². The zero-order valence-electron chi connectivity index (χ0n) is 9.74. The van der Waals surface area contributed by atoms with Crippen molar-refractivity contribution in [3.63, 3.8) is 0 Å². The minimum absolute atomic E-state index is 0.104. The Kier molecular flexibility index (Phi) is 2.98. The average molecular weight is 283 g/mol. The van der Waals surface area contributed by atoms with E-state index in [1.54, 1.807) is 12.1 Å². The molecule has 0 radical (unpaired) electrons. The Morgan fingerprint density at radius 1 is 1.26 bits per heavy atom. The van der Waals surface area contributed by atoms with E-state index in [1.165, 1.54) is 16.9 Å². The fourth-order valence-corrected chi connectivity index (χ4v) is 2.24. The number of fused-ring (bicyclic) bond motifs is 1. The first-order chi connectivity index (χ1) is 9.20. The van der Waals surface area contributed by atoms with Crippen LogP contribution in [0.4, 0.5) is 8.78 Å². The van der Waals surface area contributed by atoms with Crippen molar-refractivity contribution in [2.75, 3.05) is 0 Å². The van der Waals surface area contributed by atoms with Crippen molar-refractivity contribution in [2.24, 2.45) is 0 Å². The lowest BCUT2D eigenvalue weighted by Gasteiger charge is -2.06. The molecule has 0 aliphatic carbocycles. The van der Waals surface area contributed by atoms with Crippen LogP contribution in [0.25, 0.3) is 11.0 Å². The molecule has 2 heterocycles. The number of furan rings is 1. The second kappa shape index (κ2) is 4.66. The maximum absolute atomic E-state index is 13.9. The molecule has 0 amide bonds. The molecule has 0 aliphatic heterocycles. The van der Waals surface area contributed by atoms with Crippen LogP contribution in [-0.2, 0) is 12.4 Å². The minimum atomic E-state index is -0.923. The molecule has 98 valence electrons. The number of rotatable bonds is 3. The van der Waals surface area contributed by atoms with Gasteiger partial charge in [0.25, 0.3) is 0 Å². The lowest BCUT2D eigenvalue weighted by molar-refractivity contribution is 0.486. The van der Waals surface area contributed by atoms with Gasteiger partial charge in [-0.15, -0.1) is 11.6 Å². The van der Waals surface area contributed by atoms with Crippen LogP contribution in [0.3, 0.4) is 0 Å². The Hall–Kier alpha value is -1.88. The molecule has 0 bridgehead atoms. The van der Waals surface area contributed by atoms with Gasteiger partial charge in [0.1, 0.15) is 17.1 Å². The highest BCUT2D eigenvalue weighted by Crippen LogP contribution is 2.24. The summed E-state index contributed by atoms with van der Waals surface area (Å²) in [7, 11) is 0. The first-order valence-corrected chi connectivity index (χ1v) is 6.15. The van der Waals surface area contributed by atoms with Crippen molar-refractivity contribution >= 4 is 22.6 Å². The van der Waals surface area contributed by atoms with Crippen LogP contribution in [-0.4, -0.2) is 9.55 Å². The maximum atomic E-state index is 13.9. The highest BCUT2D eigenvalue weighted by atomic mass is 35.5. The monoisotopic (exact) mass is 282 g/mol. The minimum Gasteiger partial charge on any atom is -0.467 e. The van der Waals surface area contributed by atoms with E-state index in [2.05, 4.69) is 4.98 Å². The number of benzene rings is 1. The summed E-state index contributed by atoms with van der Waals surface area (Å²) in [6.07, 6.45) is 1.52. The van der Waals surface area contributed by atoms with E-state index < -0.39 is 11.6 Å². The summed E-state index contributed by atoms with van der Waals surface area (Å²) in [5.74, 6) is -0.634. The van der Waals surface area contributed by atoms with E-state index in [0.29, 0.717) is 17.1 Å². The third-order valence-corrected chi connectivity index (χ3v) is 3.13. The fourth-order valence-electron chi connectivity index (χ4n) is 2.04. The standard InChI is InChI=1S/C13H9ClF2N2O/c14-6-11-17-10-4-3-9(15)12(16)13(10)18(11)7-8-2-1-5-19-8/h1-5H,6-7H2. The highest BCUT2D eigenvalue weighted by molar-refractivity contribution is 6.16. The molecule has 3 nitrogen and oxygen atoms in total. The van der Waals surface area contributed by atoms with Crippen LogP contribution in [0.2, 0.25) is 0 Å². The molecule has 0 atom stereocenters. The Morgan fingerprint density at radius 3 is 2.79 bits per heavy atom. The third kappa shape index (κ3) is 2.00. The summed E-state index contributed by atoms with van der Waals surface area (Å²) < 4.78 is 34.0. The average Bonchev–Trinajstić information content (AvgIpc) is 3.02. The van der Waals surface area contributed by atoms with Gasteiger partial charge in [-0.3, -0.25) is 0 Å². The largest absolute Gasteiger partial charge is 0.467 e. The zero-order valence-corrected chi connectivity index (χ0v) is 10.5. The first kappa shape index (κ1) is 12.2. The van der Waals surface area contributed by atoms with Crippen LogP contribution in [0, 0.1) is 11.6 Å². The predicted octanol–water partition coefficient (Wildman–Crippen LogP) is 3.69. The Labute approximate surface area is 112 Å². The molecule has 1 aromatic carbocycles. The normalized spacial score (nSPS) is 11.3. The van der Waals surface area contributed by atoms with Crippen LogP contribution in [0.1, 0.15) is 11.6 Å². The Bertz CT molecular complexity index is 722. The Balaban J connectivity index is 2.22. The van der Waals surface area contributed by atoms with Gasteiger partial charge in [-0.25, -0.2) is 13.8 Å². The molecule has 2 aromatic heterocycles. The van der Waals surface area contributed by atoms with E-state index in [1.807, 2.05) is 0 Å². The van der Waals surface area contributed by atoms with E-state index in [-0.39, 0.29) is 17.9 Å². The second-order valence-corrected chi connectivity index (χ2v) is 4.32. The molecule has 19 heavy (non-hydrogen) atoms. The summed E-state index contributed by atoms with van der Waals surface area (Å²) in [6, 6.07) is 5.97. The van der Waals surface area contributed by atoms with Gasteiger partial charge in [-0.05, 0) is 24.3 Å². The van der Waals surface area contributed by atoms with Crippen LogP contribution >= 0.6 is 11.6 Å². The molecular formula is C13H9ClF2N2O. The van der Waals surface area contributed by atoms with Crippen molar-refractivity contribution in [1.82, 2.24) is 9.55 Å². The van der Waals surface area contributed by atoms with Gasteiger partial charge < -0.3 is 8.98 Å². The smallest absolute Gasteiger partial charge is 0.184 e. The molecule has 3 aromatic rings. The quantitative estimate of drug-likeness (QED) is 0.686. The first-order valence-electron chi connectivity index (χ1n) is 5.62. The lowest BCUT2D eigenvalue weighted by atomic mass is 10.3. The molecule has 0 N–H and O–H groups in total. The number of halogens is 3. The summed E-state index contributed by atoms with van der Waals surface area (Å²) >= 11 is 5.81. The molecule has 0 spiro atoms. The predicted molar refractivity (Wildman–Crippen MR) is 67.0 cm³/mol. The topological polar surface area (TPSA) is 31.0 Å².